The van der Waals surface area contributed by atoms with Gasteiger partial charge >= 0.3 is 5.97 Å². The second-order valence-corrected chi connectivity index (χ2v) is 7.87. The van der Waals surface area contributed by atoms with Crippen molar-refractivity contribution >= 4 is 17.6 Å². The molecule has 1 fully saturated rings. The highest BCUT2D eigenvalue weighted by Gasteiger charge is 2.23. The van der Waals surface area contributed by atoms with E-state index in [4.69, 9.17) is 9.47 Å². The number of rotatable bonds is 8. The number of esters is 1. The number of ether oxygens (including phenoxy) is 2. The summed E-state index contributed by atoms with van der Waals surface area (Å²) in [6.45, 7) is 7.48. The van der Waals surface area contributed by atoms with Gasteiger partial charge in [0.25, 0.3) is 5.91 Å². The molecule has 31 heavy (non-hydrogen) atoms. The normalized spacial score (nSPS) is 18.6. The molecule has 2 aromatic carbocycles. The minimum absolute atomic E-state index is 0.0784. The number of hydrogen-bond acceptors (Lipinski definition) is 4. The fraction of sp³-hybridized carbons (Fsp3) is 0.417. The largest absolute Gasteiger partial charge is 0.497 e. The second kappa shape index (κ2) is 11.5. The molecule has 0 radical (unpaired) electrons. The van der Waals surface area contributed by atoms with E-state index in [0.29, 0.717) is 24.4 Å². The van der Waals surface area contributed by atoms with E-state index >= 15 is 0 Å². The van der Waals surface area contributed by atoms with E-state index < -0.39 is 5.97 Å². The summed E-state index contributed by atoms with van der Waals surface area (Å²) in [5.74, 6) is 0.379. The number of carbonyl (C=O) groups excluding carboxylic acids is 2. The molecule has 7 heteroatoms. The Bertz CT molecular complexity index is 869. The third-order valence-corrected chi connectivity index (χ3v) is 5.61. The Morgan fingerprint density at radius 1 is 0.968 bits per heavy atom. The number of quaternary nitrogens is 2. The van der Waals surface area contributed by atoms with Crippen LogP contribution in [0.15, 0.2) is 48.5 Å². The molecular weight excluding hydrogens is 394 g/mol. The zero-order chi connectivity index (χ0) is 22.1. The van der Waals surface area contributed by atoms with Crippen LogP contribution in [0, 0.1) is 0 Å². The van der Waals surface area contributed by atoms with Gasteiger partial charge in [0.05, 0.1) is 38.1 Å². The molecular formula is C24H33N3O4+2. The van der Waals surface area contributed by atoms with Crippen molar-refractivity contribution in [3.8, 4) is 5.75 Å². The Hall–Kier alpha value is -2.90. The quantitative estimate of drug-likeness (QED) is 0.526. The second-order valence-electron chi connectivity index (χ2n) is 7.87. The van der Waals surface area contributed by atoms with Gasteiger partial charge in [0, 0.05) is 12.0 Å². The van der Waals surface area contributed by atoms with Gasteiger partial charge in [0.15, 0.2) is 6.54 Å². The first-order valence-electron chi connectivity index (χ1n) is 10.9. The molecule has 166 valence electrons. The molecule has 2 aromatic rings. The highest BCUT2D eigenvalue weighted by atomic mass is 16.5. The first-order valence-corrected chi connectivity index (χ1v) is 10.9. The maximum atomic E-state index is 12.7. The Balaban J connectivity index is 1.51. The monoisotopic (exact) mass is 427 g/mol. The van der Waals surface area contributed by atoms with Crippen LogP contribution < -0.4 is 19.9 Å². The van der Waals surface area contributed by atoms with Gasteiger partial charge in [-0.2, -0.15) is 0 Å². The summed E-state index contributed by atoms with van der Waals surface area (Å²) in [5.41, 5.74) is 2.19. The van der Waals surface area contributed by atoms with Crippen LogP contribution in [-0.4, -0.2) is 58.3 Å². The van der Waals surface area contributed by atoms with Crippen molar-refractivity contribution in [3.05, 3.63) is 59.7 Å². The Labute approximate surface area is 183 Å². The van der Waals surface area contributed by atoms with Crippen molar-refractivity contribution in [1.29, 1.82) is 0 Å². The summed E-state index contributed by atoms with van der Waals surface area (Å²) in [7, 11) is 1.68. The van der Waals surface area contributed by atoms with E-state index in [2.05, 4.69) is 17.4 Å². The predicted molar refractivity (Wildman–Crippen MR) is 119 cm³/mol. The Morgan fingerprint density at radius 2 is 1.68 bits per heavy atom. The maximum Gasteiger partial charge on any atom is 0.340 e. The van der Waals surface area contributed by atoms with Gasteiger partial charge in [-0.05, 0) is 43.3 Å². The van der Waals surface area contributed by atoms with E-state index in [-0.39, 0.29) is 5.91 Å². The van der Waals surface area contributed by atoms with Gasteiger partial charge in [-0.3, -0.25) is 4.79 Å². The van der Waals surface area contributed by atoms with Crippen LogP contribution in [-0.2, 0) is 16.1 Å². The highest BCUT2D eigenvalue weighted by Crippen LogP contribution is 2.16. The van der Waals surface area contributed by atoms with Crippen molar-refractivity contribution in [2.75, 3.05) is 51.8 Å². The average molecular weight is 428 g/mol. The molecule has 0 aliphatic carbocycles. The van der Waals surface area contributed by atoms with Gasteiger partial charge in [-0.15, -0.1) is 0 Å². The summed E-state index contributed by atoms with van der Waals surface area (Å²) in [6, 6.07) is 15.2. The lowest BCUT2D eigenvalue weighted by molar-refractivity contribution is -0.942. The standard InChI is InChI=1S/C24H31N3O4/c1-3-31-24(29)21-7-4-5-8-22(21)25-23(28)18-27-14-6-13-26(15-16-27)17-19-9-11-20(30-2)12-10-19/h4-5,7-12H,3,6,13-18H2,1-2H3,(H,25,28)/p+2. The van der Waals surface area contributed by atoms with E-state index in [1.807, 2.05) is 12.1 Å². The lowest BCUT2D eigenvalue weighted by Crippen LogP contribution is -3.17. The molecule has 3 rings (SSSR count). The molecule has 1 saturated heterocycles. The number of carbonyl (C=O) groups is 2. The summed E-state index contributed by atoms with van der Waals surface area (Å²) in [5, 5.41) is 2.90. The molecule has 7 nitrogen and oxygen atoms in total. The van der Waals surface area contributed by atoms with Gasteiger partial charge < -0.3 is 24.6 Å². The van der Waals surface area contributed by atoms with Crippen molar-refractivity contribution in [2.24, 2.45) is 0 Å². The summed E-state index contributed by atoms with van der Waals surface area (Å²) < 4.78 is 10.3. The lowest BCUT2D eigenvalue weighted by Gasteiger charge is -2.18. The SMILES string of the molecule is CCOC(=O)c1ccccc1NC(=O)C[NH+]1CCC[NH+](Cc2ccc(OC)cc2)CC1. The van der Waals surface area contributed by atoms with Gasteiger partial charge in [0.1, 0.15) is 25.4 Å². The topological polar surface area (TPSA) is 73.5 Å². The van der Waals surface area contributed by atoms with E-state index in [1.54, 1.807) is 38.3 Å². The minimum atomic E-state index is -0.418. The lowest BCUT2D eigenvalue weighted by atomic mass is 10.2. The first kappa shape index (κ1) is 22.8. The van der Waals surface area contributed by atoms with Crippen molar-refractivity contribution in [1.82, 2.24) is 0 Å². The third kappa shape index (κ3) is 6.80. The number of nitrogens with one attached hydrogen (secondary N) is 3. The van der Waals surface area contributed by atoms with E-state index in [0.717, 1.165) is 44.9 Å². The third-order valence-electron chi connectivity index (χ3n) is 5.61. The molecule has 1 heterocycles. The summed E-state index contributed by atoms with van der Waals surface area (Å²) in [6.07, 6.45) is 1.08. The fourth-order valence-electron chi connectivity index (χ4n) is 3.98. The van der Waals surface area contributed by atoms with E-state index in [9.17, 15) is 9.59 Å². The zero-order valence-corrected chi connectivity index (χ0v) is 18.4. The van der Waals surface area contributed by atoms with Crippen molar-refractivity contribution < 1.29 is 28.9 Å². The molecule has 2 unspecified atom stereocenters. The molecule has 0 aromatic heterocycles. The molecule has 3 N–H and O–H groups in total. The highest BCUT2D eigenvalue weighted by molar-refractivity contribution is 6.01. The van der Waals surface area contributed by atoms with Gasteiger partial charge in [-0.25, -0.2) is 4.79 Å². The first-order chi connectivity index (χ1) is 15.1. The number of amides is 1. The predicted octanol–water partition coefficient (Wildman–Crippen LogP) is 0.184. The van der Waals surface area contributed by atoms with Gasteiger partial charge in [-0.1, -0.05) is 12.1 Å². The molecule has 2 atom stereocenters. The van der Waals surface area contributed by atoms with Crippen LogP contribution in [0.5, 0.6) is 5.75 Å². The van der Waals surface area contributed by atoms with Crippen molar-refractivity contribution in [2.45, 2.75) is 19.9 Å². The summed E-state index contributed by atoms with van der Waals surface area (Å²) >= 11 is 0. The smallest absolute Gasteiger partial charge is 0.340 e. The number of anilines is 1. The van der Waals surface area contributed by atoms with E-state index in [1.165, 1.54) is 15.4 Å². The number of hydrogen-bond donors (Lipinski definition) is 3. The minimum Gasteiger partial charge on any atom is -0.497 e. The molecule has 0 saturated carbocycles. The van der Waals surface area contributed by atoms with Crippen LogP contribution in [0.4, 0.5) is 5.69 Å². The Morgan fingerprint density at radius 3 is 2.42 bits per heavy atom. The zero-order valence-electron chi connectivity index (χ0n) is 18.4. The molecule has 1 aliphatic rings. The van der Waals surface area contributed by atoms with Crippen LogP contribution >= 0.6 is 0 Å². The van der Waals surface area contributed by atoms with Crippen LogP contribution in [0.2, 0.25) is 0 Å². The Kier molecular flexibility index (Phi) is 8.44. The number of para-hydroxylation sites is 1. The van der Waals surface area contributed by atoms with Crippen LogP contribution in [0.1, 0.15) is 29.3 Å². The van der Waals surface area contributed by atoms with Crippen LogP contribution in [0.25, 0.3) is 0 Å². The molecule has 0 spiro atoms. The fourth-order valence-corrected chi connectivity index (χ4v) is 3.98. The molecule has 0 bridgehead atoms. The molecule has 1 aliphatic heterocycles. The van der Waals surface area contributed by atoms with Crippen LogP contribution in [0.3, 0.4) is 0 Å². The van der Waals surface area contributed by atoms with Crippen molar-refractivity contribution in [3.63, 3.8) is 0 Å². The maximum absolute atomic E-state index is 12.7. The summed E-state index contributed by atoms with van der Waals surface area (Å²) in [4.78, 5) is 27.6. The number of benzene rings is 2. The van der Waals surface area contributed by atoms with Gasteiger partial charge in [0.2, 0.25) is 0 Å². The average Bonchev–Trinajstić information content (AvgIpc) is 2.99. The number of methoxy groups -OCH3 is 1. The molecule has 1 amide bonds.